The minimum Gasteiger partial charge on any atom is -0.494 e. The Hall–Kier alpha value is -2.51. The van der Waals surface area contributed by atoms with Gasteiger partial charge in [0.25, 0.3) is 0 Å². The minimum absolute atomic E-state index is 0.0270. The van der Waals surface area contributed by atoms with E-state index in [1.807, 2.05) is 31.2 Å². The van der Waals surface area contributed by atoms with Crippen molar-refractivity contribution in [2.45, 2.75) is 26.7 Å². The summed E-state index contributed by atoms with van der Waals surface area (Å²) >= 11 is 7.91. The van der Waals surface area contributed by atoms with Gasteiger partial charge in [-0.05, 0) is 62.6 Å². The number of carbonyl (C=O) groups is 1. The maximum absolute atomic E-state index is 13.4. The molecule has 1 atom stereocenters. The van der Waals surface area contributed by atoms with E-state index in [9.17, 15) is 4.79 Å². The monoisotopic (exact) mass is 498 g/mol. The summed E-state index contributed by atoms with van der Waals surface area (Å²) in [6.07, 6.45) is 1.96. The van der Waals surface area contributed by atoms with Gasteiger partial charge in [-0.25, -0.2) is 4.98 Å². The van der Waals surface area contributed by atoms with Gasteiger partial charge < -0.3 is 19.4 Å². The number of hydrogen-bond acceptors (Lipinski definition) is 6. The highest BCUT2D eigenvalue weighted by Crippen LogP contribution is 2.34. The Balaban J connectivity index is 1.22. The summed E-state index contributed by atoms with van der Waals surface area (Å²) in [4.78, 5) is 24.9. The van der Waals surface area contributed by atoms with Crippen LogP contribution in [0, 0.1) is 12.8 Å². The summed E-state index contributed by atoms with van der Waals surface area (Å²) < 4.78 is 6.76. The number of benzene rings is 2. The second-order valence-electron chi connectivity index (χ2n) is 9.09. The van der Waals surface area contributed by atoms with Gasteiger partial charge in [0, 0.05) is 50.0 Å². The van der Waals surface area contributed by atoms with E-state index in [-0.39, 0.29) is 11.8 Å². The number of nitrogens with zero attached hydrogens (tertiary/aromatic N) is 4. The van der Waals surface area contributed by atoms with Crippen LogP contribution in [0.1, 0.15) is 25.3 Å². The molecule has 1 aromatic heterocycles. The summed E-state index contributed by atoms with van der Waals surface area (Å²) in [6.45, 7) is 9.62. The third kappa shape index (κ3) is 4.82. The predicted octanol–water partition coefficient (Wildman–Crippen LogP) is 5.22. The van der Waals surface area contributed by atoms with Gasteiger partial charge >= 0.3 is 0 Å². The van der Waals surface area contributed by atoms with E-state index in [1.165, 1.54) is 11.3 Å². The van der Waals surface area contributed by atoms with Crippen molar-refractivity contribution in [2.24, 2.45) is 5.92 Å². The average molecular weight is 499 g/mol. The lowest BCUT2D eigenvalue weighted by Crippen LogP contribution is -2.52. The molecule has 2 aromatic carbocycles. The molecule has 1 amide bonds. The smallest absolute Gasteiger partial charge is 0.227 e. The SMILES string of the molecule is CCOc1ccc2nc(N3CCC[C@H](C(=O)N4CCN(c5cc(Cl)ccc5C)CC4)C3)sc2c1. The van der Waals surface area contributed by atoms with Crippen LogP contribution in [-0.2, 0) is 4.79 Å². The Bertz CT molecular complexity index is 1170. The van der Waals surface area contributed by atoms with Crippen LogP contribution in [-0.4, -0.2) is 61.7 Å². The largest absolute Gasteiger partial charge is 0.494 e. The molecule has 3 heterocycles. The summed E-state index contributed by atoms with van der Waals surface area (Å²) in [5.74, 6) is 1.19. The summed E-state index contributed by atoms with van der Waals surface area (Å²) in [5.41, 5.74) is 3.38. The van der Waals surface area contributed by atoms with Gasteiger partial charge in [-0.15, -0.1) is 0 Å². The van der Waals surface area contributed by atoms with E-state index in [0.29, 0.717) is 6.61 Å². The predicted molar refractivity (Wildman–Crippen MR) is 141 cm³/mol. The van der Waals surface area contributed by atoms with Crippen LogP contribution < -0.4 is 14.5 Å². The Morgan fingerprint density at radius 3 is 2.74 bits per heavy atom. The van der Waals surface area contributed by atoms with Crippen LogP contribution in [0.25, 0.3) is 10.2 Å². The number of anilines is 2. The lowest BCUT2D eigenvalue weighted by Gasteiger charge is -2.40. The highest BCUT2D eigenvalue weighted by Gasteiger charge is 2.32. The number of hydrogen-bond donors (Lipinski definition) is 0. The molecule has 34 heavy (non-hydrogen) atoms. The zero-order chi connectivity index (χ0) is 23.7. The zero-order valence-corrected chi connectivity index (χ0v) is 21.4. The molecule has 3 aromatic rings. The van der Waals surface area contributed by atoms with Crippen molar-refractivity contribution in [1.29, 1.82) is 0 Å². The Kier molecular flexibility index (Phi) is 6.84. The first-order valence-corrected chi connectivity index (χ1v) is 13.3. The maximum Gasteiger partial charge on any atom is 0.227 e. The Morgan fingerprint density at radius 2 is 1.94 bits per heavy atom. The number of fused-ring (bicyclic) bond motifs is 1. The molecular formula is C26H31ClN4O2S. The van der Waals surface area contributed by atoms with E-state index in [2.05, 4.69) is 33.8 Å². The van der Waals surface area contributed by atoms with Crippen LogP contribution in [0.4, 0.5) is 10.8 Å². The molecule has 180 valence electrons. The highest BCUT2D eigenvalue weighted by molar-refractivity contribution is 7.22. The van der Waals surface area contributed by atoms with Crippen molar-refractivity contribution in [3.63, 3.8) is 0 Å². The molecule has 2 aliphatic heterocycles. The number of ether oxygens (including phenoxy) is 1. The van der Waals surface area contributed by atoms with Crippen LogP contribution in [0.2, 0.25) is 5.02 Å². The third-order valence-corrected chi connectivity index (χ3v) is 8.12. The first-order valence-electron chi connectivity index (χ1n) is 12.1. The van der Waals surface area contributed by atoms with E-state index in [1.54, 1.807) is 11.3 Å². The lowest BCUT2D eigenvalue weighted by atomic mass is 9.96. The summed E-state index contributed by atoms with van der Waals surface area (Å²) in [5, 5.41) is 1.76. The molecule has 0 saturated carbocycles. The van der Waals surface area contributed by atoms with Crippen molar-refractivity contribution in [1.82, 2.24) is 9.88 Å². The lowest BCUT2D eigenvalue weighted by molar-refractivity contribution is -0.136. The third-order valence-electron chi connectivity index (χ3n) is 6.80. The topological polar surface area (TPSA) is 48.9 Å². The standard InChI is InChI=1S/C26H31ClN4O2S/c1-3-33-21-8-9-22-24(16-21)34-26(28-22)31-10-4-5-19(17-31)25(32)30-13-11-29(12-14-30)23-15-20(27)7-6-18(23)2/h6-9,15-16,19H,3-5,10-14,17H2,1-2H3/t19-/m0/s1. The quantitative estimate of drug-likeness (QED) is 0.482. The normalized spacial score (nSPS) is 19.0. The van der Waals surface area contributed by atoms with Crippen molar-refractivity contribution in [3.05, 3.63) is 47.0 Å². The van der Waals surface area contributed by atoms with E-state index >= 15 is 0 Å². The minimum atomic E-state index is 0.0270. The molecule has 5 rings (SSSR count). The van der Waals surface area contributed by atoms with E-state index in [0.717, 1.165) is 78.2 Å². The molecule has 0 bridgehead atoms. The second kappa shape index (κ2) is 10.0. The van der Waals surface area contributed by atoms with Crippen LogP contribution in [0.3, 0.4) is 0 Å². The van der Waals surface area contributed by atoms with Crippen molar-refractivity contribution < 1.29 is 9.53 Å². The van der Waals surface area contributed by atoms with Crippen molar-refractivity contribution in [2.75, 3.05) is 55.7 Å². The van der Waals surface area contributed by atoms with Gasteiger partial charge in [0.15, 0.2) is 5.13 Å². The number of thiazole rings is 1. The number of rotatable bonds is 5. The van der Waals surface area contributed by atoms with Crippen molar-refractivity contribution in [3.8, 4) is 5.75 Å². The van der Waals surface area contributed by atoms with E-state index < -0.39 is 0 Å². The second-order valence-corrected chi connectivity index (χ2v) is 10.5. The number of halogens is 1. The molecule has 0 unspecified atom stereocenters. The fourth-order valence-electron chi connectivity index (χ4n) is 4.99. The van der Waals surface area contributed by atoms with Crippen LogP contribution in [0.5, 0.6) is 5.75 Å². The van der Waals surface area contributed by atoms with Gasteiger partial charge in [-0.3, -0.25) is 4.79 Å². The first-order chi connectivity index (χ1) is 16.5. The Labute approximate surface area is 210 Å². The van der Waals surface area contributed by atoms with Gasteiger partial charge in [0.1, 0.15) is 5.75 Å². The highest BCUT2D eigenvalue weighted by atomic mass is 35.5. The Morgan fingerprint density at radius 1 is 1.12 bits per heavy atom. The fraction of sp³-hybridized carbons (Fsp3) is 0.462. The molecule has 0 aliphatic carbocycles. The molecule has 0 spiro atoms. The van der Waals surface area contributed by atoms with Crippen molar-refractivity contribution >= 4 is 49.9 Å². The zero-order valence-electron chi connectivity index (χ0n) is 19.8. The number of piperidine rings is 1. The molecule has 0 radical (unpaired) electrons. The molecule has 2 aliphatic rings. The first kappa shape index (κ1) is 23.2. The molecule has 6 nitrogen and oxygen atoms in total. The van der Waals surface area contributed by atoms with Crippen LogP contribution >= 0.6 is 22.9 Å². The number of carbonyl (C=O) groups excluding carboxylic acids is 1. The molecule has 2 saturated heterocycles. The molecular weight excluding hydrogens is 468 g/mol. The van der Waals surface area contributed by atoms with Gasteiger partial charge in [0.2, 0.25) is 5.91 Å². The number of amides is 1. The molecule has 0 N–H and O–H groups in total. The number of aryl methyl sites for hydroxylation is 1. The van der Waals surface area contributed by atoms with Gasteiger partial charge in [-0.2, -0.15) is 0 Å². The average Bonchev–Trinajstić information content (AvgIpc) is 3.29. The van der Waals surface area contributed by atoms with E-state index in [4.69, 9.17) is 21.3 Å². The molecule has 2 fully saturated rings. The van der Waals surface area contributed by atoms with Gasteiger partial charge in [0.05, 0.1) is 22.7 Å². The summed E-state index contributed by atoms with van der Waals surface area (Å²) in [7, 11) is 0. The van der Waals surface area contributed by atoms with Crippen LogP contribution in [0.15, 0.2) is 36.4 Å². The summed E-state index contributed by atoms with van der Waals surface area (Å²) in [6, 6.07) is 12.1. The number of aromatic nitrogens is 1. The maximum atomic E-state index is 13.4. The number of piperazine rings is 1. The fourth-order valence-corrected chi connectivity index (χ4v) is 6.18. The molecule has 8 heteroatoms. The van der Waals surface area contributed by atoms with Gasteiger partial charge in [-0.1, -0.05) is 29.0 Å².